The minimum Gasteiger partial charge on any atom is -0.493 e. The lowest BCUT2D eigenvalue weighted by Crippen LogP contribution is -2.47. The zero-order chi connectivity index (χ0) is 20.2. The van der Waals surface area contributed by atoms with Gasteiger partial charge in [-0.05, 0) is 50.3 Å². The molecule has 156 valence electrons. The number of carbonyl (C=O) groups excluding carboxylic acids is 2. The SMILES string of the molecule is COc1cccc2c1OCC(C(=O)N1CCCC(CNC(=O)C3CCCN3)C1)=C2. The molecule has 7 heteroatoms. The summed E-state index contributed by atoms with van der Waals surface area (Å²) in [5.41, 5.74) is 1.52. The van der Waals surface area contributed by atoms with E-state index >= 15 is 0 Å². The van der Waals surface area contributed by atoms with Gasteiger partial charge < -0.3 is 25.0 Å². The van der Waals surface area contributed by atoms with Gasteiger partial charge >= 0.3 is 0 Å². The average Bonchev–Trinajstić information content (AvgIpc) is 3.31. The number of piperidine rings is 1. The van der Waals surface area contributed by atoms with E-state index in [9.17, 15) is 9.59 Å². The second kappa shape index (κ2) is 8.86. The first-order chi connectivity index (χ1) is 14.2. The van der Waals surface area contributed by atoms with Gasteiger partial charge in [0.15, 0.2) is 11.5 Å². The van der Waals surface area contributed by atoms with Crippen molar-refractivity contribution in [2.45, 2.75) is 31.7 Å². The monoisotopic (exact) mass is 399 g/mol. The molecule has 2 N–H and O–H groups in total. The van der Waals surface area contributed by atoms with Gasteiger partial charge in [-0.2, -0.15) is 0 Å². The van der Waals surface area contributed by atoms with Gasteiger partial charge in [-0.3, -0.25) is 9.59 Å². The molecule has 0 bridgehead atoms. The van der Waals surface area contributed by atoms with Gasteiger partial charge in [-0.25, -0.2) is 0 Å². The van der Waals surface area contributed by atoms with Gasteiger partial charge in [0.1, 0.15) is 6.61 Å². The lowest BCUT2D eigenvalue weighted by Gasteiger charge is -2.34. The molecule has 4 rings (SSSR count). The number of likely N-dealkylation sites (tertiary alicyclic amines) is 1. The highest BCUT2D eigenvalue weighted by molar-refractivity contribution is 5.99. The van der Waals surface area contributed by atoms with Crippen molar-refractivity contribution < 1.29 is 19.1 Å². The molecule has 2 amide bonds. The number of amides is 2. The first-order valence-corrected chi connectivity index (χ1v) is 10.5. The summed E-state index contributed by atoms with van der Waals surface area (Å²) in [4.78, 5) is 27.2. The summed E-state index contributed by atoms with van der Waals surface area (Å²) in [7, 11) is 1.61. The van der Waals surface area contributed by atoms with Crippen molar-refractivity contribution in [2.75, 3.05) is 39.9 Å². The van der Waals surface area contributed by atoms with E-state index in [4.69, 9.17) is 9.47 Å². The molecule has 0 saturated carbocycles. The standard InChI is InChI=1S/C22H29N3O4/c1-28-19-8-2-6-16-11-17(14-29-20(16)19)22(27)25-10-4-5-15(13-25)12-24-21(26)18-7-3-9-23-18/h2,6,8,11,15,18,23H,3-5,7,9-10,12-14H2,1H3,(H,24,26). The number of benzene rings is 1. The number of rotatable bonds is 5. The van der Waals surface area contributed by atoms with Gasteiger partial charge in [-0.1, -0.05) is 12.1 Å². The van der Waals surface area contributed by atoms with E-state index in [1.54, 1.807) is 7.11 Å². The second-order valence-electron chi connectivity index (χ2n) is 7.99. The van der Waals surface area contributed by atoms with Crippen LogP contribution in [-0.2, 0) is 9.59 Å². The Morgan fingerprint density at radius 3 is 3.00 bits per heavy atom. The largest absolute Gasteiger partial charge is 0.493 e. The Kier molecular flexibility index (Phi) is 6.04. The fourth-order valence-electron chi connectivity index (χ4n) is 4.36. The summed E-state index contributed by atoms with van der Waals surface area (Å²) in [6.45, 7) is 3.19. The first kappa shape index (κ1) is 19.8. The van der Waals surface area contributed by atoms with Crippen LogP contribution in [0.3, 0.4) is 0 Å². The van der Waals surface area contributed by atoms with E-state index in [1.165, 1.54) is 0 Å². The minimum absolute atomic E-state index is 0.0203. The summed E-state index contributed by atoms with van der Waals surface area (Å²) in [6, 6.07) is 5.61. The third-order valence-corrected chi connectivity index (χ3v) is 5.95. The van der Waals surface area contributed by atoms with Gasteiger partial charge in [0.25, 0.3) is 5.91 Å². The van der Waals surface area contributed by atoms with Crippen molar-refractivity contribution in [3.63, 3.8) is 0 Å². The number of fused-ring (bicyclic) bond motifs is 1. The molecular weight excluding hydrogens is 370 g/mol. The van der Waals surface area contributed by atoms with Crippen LogP contribution >= 0.6 is 0 Å². The predicted molar refractivity (Wildman–Crippen MR) is 110 cm³/mol. The molecule has 2 saturated heterocycles. The molecule has 7 nitrogen and oxygen atoms in total. The number of nitrogens with one attached hydrogen (secondary N) is 2. The molecular formula is C22H29N3O4. The highest BCUT2D eigenvalue weighted by Gasteiger charge is 2.29. The van der Waals surface area contributed by atoms with E-state index in [-0.39, 0.29) is 30.4 Å². The van der Waals surface area contributed by atoms with Crippen molar-refractivity contribution in [2.24, 2.45) is 5.92 Å². The smallest absolute Gasteiger partial charge is 0.253 e. The fourth-order valence-corrected chi connectivity index (χ4v) is 4.36. The van der Waals surface area contributed by atoms with Crippen molar-refractivity contribution in [3.8, 4) is 11.5 Å². The summed E-state index contributed by atoms with van der Waals surface area (Å²) >= 11 is 0. The number of hydrogen-bond donors (Lipinski definition) is 2. The Hall–Kier alpha value is -2.54. The van der Waals surface area contributed by atoms with Gasteiger partial charge in [0, 0.05) is 25.2 Å². The van der Waals surface area contributed by atoms with Crippen LogP contribution < -0.4 is 20.1 Å². The predicted octanol–water partition coefficient (Wildman–Crippen LogP) is 1.58. The van der Waals surface area contributed by atoms with Gasteiger partial charge in [0.05, 0.1) is 18.7 Å². The van der Waals surface area contributed by atoms with E-state index in [1.807, 2.05) is 29.2 Å². The van der Waals surface area contributed by atoms with E-state index in [0.717, 1.165) is 44.3 Å². The molecule has 29 heavy (non-hydrogen) atoms. The van der Waals surface area contributed by atoms with Crippen molar-refractivity contribution in [1.29, 1.82) is 0 Å². The van der Waals surface area contributed by atoms with E-state index < -0.39 is 0 Å². The topological polar surface area (TPSA) is 79.9 Å². The molecule has 0 aliphatic carbocycles. The first-order valence-electron chi connectivity index (χ1n) is 10.5. The Morgan fingerprint density at radius 2 is 2.21 bits per heavy atom. The molecule has 0 radical (unpaired) electrons. The maximum Gasteiger partial charge on any atom is 0.253 e. The highest BCUT2D eigenvalue weighted by atomic mass is 16.5. The number of ether oxygens (including phenoxy) is 2. The molecule has 1 aromatic rings. The molecule has 2 atom stereocenters. The number of para-hydroxylation sites is 1. The van der Waals surface area contributed by atoms with E-state index in [2.05, 4.69) is 10.6 Å². The maximum absolute atomic E-state index is 13.1. The summed E-state index contributed by atoms with van der Waals surface area (Å²) < 4.78 is 11.2. The van der Waals surface area contributed by atoms with Crippen LogP contribution in [0.2, 0.25) is 0 Å². The molecule has 1 aromatic carbocycles. The number of nitrogens with zero attached hydrogens (tertiary/aromatic N) is 1. The molecule has 3 aliphatic rings. The van der Waals surface area contributed by atoms with Gasteiger partial charge in [-0.15, -0.1) is 0 Å². The average molecular weight is 399 g/mol. The van der Waals surface area contributed by atoms with Crippen LogP contribution in [0.1, 0.15) is 31.2 Å². The van der Waals surface area contributed by atoms with Crippen molar-refractivity contribution in [1.82, 2.24) is 15.5 Å². The van der Waals surface area contributed by atoms with Crippen LogP contribution in [0.4, 0.5) is 0 Å². The number of hydrogen-bond acceptors (Lipinski definition) is 5. The lowest BCUT2D eigenvalue weighted by molar-refractivity contribution is -0.129. The fraction of sp³-hybridized carbons (Fsp3) is 0.545. The molecule has 2 unspecified atom stereocenters. The summed E-state index contributed by atoms with van der Waals surface area (Å²) in [6.07, 6.45) is 5.84. The molecule has 2 fully saturated rings. The lowest BCUT2D eigenvalue weighted by atomic mass is 9.96. The molecule has 3 aliphatic heterocycles. The van der Waals surface area contributed by atoms with Crippen LogP contribution in [0.5, 0.6) is 11.5 Å². The second-order valence-corrected chi connectivity index (χ2v) is 7.99. The van der Waals surface area contributed by atoms with Crippen LogP contribution in [0.25, 0.3) is 6.08 Å². The quantitative estimate of drug-likeness (QED) is 0.786. The Balaban J connectivity index is 1.36. The van der Waals surface area contributed by atoms with Crippen molar-refractivity contribution in [3.05, 3.63) is 29.3 Å². The molecule has 3 heterocycles. The summed E-state index contributed by atoms with van der Waals surface area (Å²) in [5.74, 6) is 1.75. The number of carbonyl (C=O) groups is 2. The summed E-state index contributed by atoms with van der Waals surface area (Å²) in [5, 5.41) is 6.29. The molecule has 0 aromatic heterocycles. The van der Waals surface area contributed by atoms with Gasteiger partial charge in [0.2, 0.25) is 5.91 Å². The zero-order valence-corrected chi connectivity index (χ0v) is 16.9. The van der Waals surface area contributed by atoms with E-state index in [0.29, 0.717) is 30.2 Å². The molecule has 0 spiro atoms. The number of methoxy groups -OCH3 is 1. The maximum atomic E-state index is 13.1. The third kappa shape index (κ3) is 4.40. The van der Waals surface area contributed by atoms with Crippen LogP contribution in [0, 0.1) is 5.92 Å². The minimum atomic E-state index is -0.0575. The normalized spacial score (nSPS) is 23.6. The Bertz CT molecular complexity index is 801. The van der Waals surface area contributed by atoms with Crippen molar-refractivity contribution >= 4 is 17.9 Å². The van der Waals surface area contributed by atoms with Crippen LogP contribution in [-0.4, -0.2) is 62.7 Å². The highest BCUT2D eigenvalue weighted by Crippen LogP contribution is 2.36. The van der Waals surface area contributed by atoms with Crippen LogP contribution in [0.15, 0.2) is 23.8 Å². The zero-order valence-electron chi connectivity index (χ0n) is 16.9. The third-order valence-electron chi connectivity index (χ3n) is 5.95. The Labute approximate surface area is 171 Å². The Morgan fingerprint density at radius 1 is 1.31 bits per heavy atom.